The molecule has 112 valence electrons. The molecule has 3 unspecified atom stereocenters. The zero-order valence-corrected chi connectivity index (χ0v) is 12.9. The van der Waals surface area contributed by atoms with Gasteiger partial charge < -0.3 is 5.32 Å². The first-order valence-electron chi connectivity index (χ1n) is 7.94. The molecule has 3 atom stereocenters. The molecule has 1 aromatic heterocycles. The summed E-state index contributed by atoms with van der Waals surface area (Å²) in [6.45, 7) is 7.73. The molecule has 1 saturated carbocycles. The van der Waals surface area contributed by atoms with Crippen LogP contribution in [0.3, 0.4) is 0 Å². The molecule has 1 fully saturated rings. The van der Waals surface area contributed by atoms with E-state index in [1.807, 2.05) is 6.07 Å². The van der Waals surface area contributed by atoms with E-state index in [-0.39, 0.29) is 11.9 Å². The number of nitrogens with one attached hydrogen (secondary N) is 1. The van der Waals surface area contributed by atoms with Gasteiger partial charge in [-0.3, -0.25) is 4.98 Å². The Labute approximate surface area is 122 Å². The minimum atomic E-state index is -0.174. The summed E-state index contributed by atoms with van der Waals surface area (Å²) < 4.78 is 14.1. The van der Waals surface area contributed by atoms with Gasteiger partial charge in [0.25, 0.3) is 0 Å². The Bertz CT molecular complexity index is 411. The molecule has 2 rings (SSSR count). The lowest BCUT2D eigenvalue weighted by Crippen LogP contribution is -2.34. The van der Waals surface area contributed by atoms with E-state index in [0.29, 0.717) is 5.92 Å². The van der Waals surface area contributed by atoms with Gasteiger partial charge in [-0.1, -0.05) is 20.8 Å². The standard InChI is InChI=1S/C17H27FN2/c1-4-6-20-17(15-5-7-19-11-16(15)18)14-9-12(2)8-13(3)10-14/h5,7,11-14,17,20H,4,6,8-10H2,1-3H3. The lowest BCUT2D eigenvalue weighted by atomic mass is 9.72. The summed E-state index contributed by atoms with van der Waals surface area (Å²) in [5.41, 5.74) is 0.791. The third-order valence-electron chi connectivity index (χ3n) is 4.44. The van der Waals surface area contributed by atoms with Gasteiger partial charge in [-0.25, -0.2) is 4.39 Å². The van der Waals surface area contributed by atoms with Crippen LogP contribution in [-0.4, -0.2) is 11.5 Å². The van der Waals surface area contributed by atoms with Crippen molar-refractivity contribution in [3.05, 3.63) is 29.8 Å². The quantitative estimate of drug-likeness (QED) is 0.867. The largest absolute Gasteiger partial charge is 0.310 e. The highest BCUT2D eigenvalue weighted by Crippen LogP contribution is 2.40. The predicted octanol–water partition coefficient (Wildman–Crippen LogP) is 4.33. The fourth-order valence-corrected chi connectivity index (χ4v) is 3.75. The van der Waals surface area contributed by atoms with Crippen LogP contribution in [0.4, 0.5) is 4.39 Å². The van der Waals surface area contributed by atoms with Crippen LogP contribution in [0.15, 0.2) is 18.5 Å². The fraction of sp³-hybridized carbons (Fsp3) is 0.706. The van der Waals surface area contributed by atoms with Crippen LogP contribution in [0, 0.1) is 23.6 Å². The summed E-state index contributed by atoms with van der Waals surface area (Å²) in [5, 5.41) is 3.57. The second-order valence-electron chi connectivity index (χ2n) is 6.51. The smallest absolute Gasteiger partial charge is 0.146 e. The lowest BCUT2D eigenvalue weighted by molar-refractivity contribution is 0.174. The second-order valence-corrected chi connectivity index (χ2v) is 6.51. The molecule has 0 radical (unpaired) electrons. The van der Waals surface area contributed by atoms with Crippen LogP contribution < -0.4 is 5.32 Å². The van der Waals surface area contributed by atoms with Crippen molar-refractivity contribution in [1.82, 2.24) is 10.3 Å². The van der Waals surface area contributed by atoms with Crippen LogP contribution in [0.25, 0.3) is 0 Å². The highest BCUT2D eigenvalue weighted by atomic mass is 19.1. The Morgan fingerprint density at radius 2 is 2.00 bits per heavy atom. The van der Waals surface area contributed by atoms with Crippen LogP contribution in [0.5, 0.6) is 0 Å². The van der Waals surface area contributed by atoms with Gasteiger partial charge in [0.1, 0.15) is 5.82 Å². The Kier molecular flexibility index (Phi) is 5.53. The summed E-state index contributed by atoms with van der Waals surface area (Å²) in [4.78, 5) is 3.88. The molecule has 1 aromatic rings. The second kappa shape index (κ2) is 7.16. The van der Waals surface area contributed by atoms with Crippen LogP contribution in [0.1, 0.15) is 58.1 Å². The summed E-state index contributed by atoms with van der Waals surface area (Å²) in [6, 6.07) is 1.97. The Balaban J connectivity index is 2.20. The maximum absolute atomic E-state index is 14.1. The molecule has 1 aliphatic carbocycles. The monoisotopic (exact) mass is 278 g/mol. The van der Waals surface area contributed by atoms with Crippen LogP contribution >= 0.6 is 0 Å². The van der Waals surface area contributed by atoms with Crippen molar-refractivity contribution in [2.24, 2.45) is 17.8 Å². The van der Waals surface area contributed by atoms with Gasteiger partial charge in [0.15, 0.2) is 0 Å². The van der Waals surface area contributed by atoms with Crippen LogP contribution in [-0.2, 0) is 0 Å². The molecule has 20 heavy (non-hydrogen) atoms. The van der Waals surface area contributed by atoms with Gasteiger partial charge in [0.2, 0.25) is 0 Å². The van der Waals surface area contributed by atoms with Crippen molar-refractivity contribution >= 4 is 0 Å². The van der Waals surface area contributed by atoms with E-state index in [1.165, 1.54) is 25.5 Å². The number of halogens is 1. The van der Waals surface area contributed by atoms with Gasteiger partial charge >= 0.3 is 0 Å². The Hall–Kier alpha value is -0.960. The van der Waals surface area contributed by atoms with E-state index in [0.717, 1.165) is 30.4 Å². The van der Waals surface area contributed by atoms with E-state index in [2.05, 4.69) is 31.1 Å². The summed E-state index contributed by atoms with van der Waals surface area (Å²) in [7, 11) is 0. The van der Waals surface area contributed by atoms with Crippen molar-refractivity contribution in [3.63, 3.8) is 0 Å². The molecular weight excluding hydrogens is 251 g/mol. The average molecular weight is 278 g/mol. The predicted molar refractivity (Wildman–Crippen MR) is 80.9 cm³/mol. The molecule has 3 heteroatoms. The molecule has 1 heterocycles. The number of aromatic nitrogens is 1. The Morgan fingerprint density at radius 3 is 2.60 bits per heavy atom. The molecular formula is C17H27FN2. The van der Waals surface area contributed by atoms with Gasteiger partial charge in [-0.15, -0.1) is 0 Å². The highest BCUT2D eigenvalue weighted by molar-refractivity contribution is 5.18. The first kappa shape index (κ1) is 15.4. The number of hydrogen-bond donors (Lipinski definition) is 1. The molecule has 0 bridgehead atoms. The third-order valence-corrected chi connectivity index (χ3v) is 4.44. The van der Waals surface area contributed by atoms with Crippen LogP contribution in [0.2, 0.25) is 0 Å². The molecule has 0 amide bonds. The first-order valence-corrected chi connectivity index (χ1v) is 7.94. The lowest BCUT2D eigenvalue weighted by Gasteiger charge is -2.37. The SMILES string of the molecule is CCCNC(c1ccncc1F)C1CC(C)CC(C)C1. The number of nitrogens with zero attached hydrogens (tertiary/aromatic N) is 1. The number of pyridine rings is 1. The molecule has 0 aliphatic heterocycles. The minimum Gasteiger partial charge on any atom is -0.310 e. The van der Waals surface area contributed by atoms with E-state index in [9.17, 15) is 4.39 Å². The third kappa shape index (κ3) is 3.78. The minimum absolute atomic E-state index is 0.128. The topological polar surface area (TPSA) is 24.9 Å². The van der Waals surface area contributed by atoms with E-state index < -0.39 is 0 Å². The van der Waals surface area contributed by atoms with Crippen molar-refractivity contribution in [1.29, 1.82) is 0 Å². The van der Waals surface area contributed by atoms with E-state index in [4.69, 9.17) is 0 Å². The maximum atomic E-state index is 14.1. The summed E-state index contributed by atoms with van der Waals surface area (Å²) in [5.74, 6) is 1.82. The van der Waals surface area contributed by atoms with Gasteiger partial charge in [-0.05, 0) is 56.0 Å². The van der Waals surface area contributed by atoms with Crippen molar-refractivity contribution in [2.75, 3.05) is 6.54 Å². The van der Waals surface area contributed by atoms with Crippen molar-refractivity contribution in [2.45, 2.75) is 52.5 Å². The molecule has 1 aliphatic rings. The molecule has 0 saturated heterocycles. The zero-order chi connectivity index (χ0) is 14.5. The van der Waals surface area contributed by atoms with E-state index in [1.54, 1.807) is 6.20 Å². The maximum Gasteiger partial charge on any atom is 0.146 e. The summed E-state index contributed by atoms with van der Waals surface area (Å²) in [6.07, 6.45) is 7.79. The molecule has 1 N–H and O–H groups in total. The average Bonchev–Trinajstić information content (AvgIpc) is 2.40. The van der Waals surface area contributed by atoms with Gasteiger partial charge in [0.05, 0.1) is 6.20 Å². The van der Waals surface area contributed by atoms with Crippen molar-refractivity contribution in [3.8, 4) is 0 Å². The molecule has 0 aromatic carbocycles. The van der Waals surface area contributed by atoms with Gasteiger partial charge in [0, 0.05) is 17.8 Å². The fourth-order valence-electron chi connectivity index (χ4n) is 3.75. The number of hydrogen-bond acceptors (Lipinski definition) is 2. The Morgan fingerprint density at radius 1 is 1.30 bits per heavy atom. The first-order chi connectivity index (χ1) is 9.61. The molecule has 0 spiro atoms. The zero-order valence-electron chi connectivity index (χ0n) is 12.9. The van der Waals surface area contributed by atoms with Crippen molar-refractivity contribution < 1.29 is 4.39 Å². The number of rotatable bonds is 5. The molecule has 2 nitrogen and oxygen atoms in total. The highest BCUT2D eigenvalue weighted by Gasteiger charge is 2.31. The summed E-state index contributed by atoms with van der Waals surface area (Å²) >= 11 is 0. The van der Waals surface area contributed by atoms with Gasteiger partial charge in [-0.2, -0.15) is 0 Å². The normalized spacial score (nSPS) is 28.3. The van der Waals surface area contributed by atoms with E-state index >= 15 is 0 Å².